The van der Waals surface area contributed by atoms with Crippen molar-refractivity contribution in [3.8, 4) is 11.1 Å². The smallest absolute Gasteiger partial charge is 0.307 e. The van der Waals surface area contributed by atoms with Gasteiger partial charge in [0.2, 0.25) is 0 Å². The second-order valence-corrected chi connectivity index (χ2v) is 9.25. The number of nitrogens with one attached hydrogen (secondary N) is 1. The number of rotatable bonds is 6. The van der Waals surface area contributed by atoms with Gasteiger partial charge < -0.3 is 10.4 Å². The highest BCUT2D eigenvalue weighted by Gasteiger charge is 2.35. The van der Waals surface area contributed by atoms with E-state index in [0.29, 0.717) is 39.7 Å². The summed E-state index contributed by atoms with van der Waals surface area (Å²) < 4.78 is 0. The molecule has 0 aromatic heterocycles. The number of carbonyl (C=O) groups is 3. The Morgan fingerprint density at radius 2 is 1.29 bits per heavy atom. The maximum atomic E-state index is 12.9. The van der Waals surface area contributed by atoms with Crippen LogP contribution in [0.15, 0.2) is 66.7 Å². The molecule has 0 unspecified atom stereocenters. The summed E-state index contributed by atoms with van der Waals surface area (Å²) in [6.45, 7) is 0. The maximum Gasteiger partial charge on any atom is 0.307 e. The predicted molar refractivity (Wildman–Crippen MR) is 134 cm³/mol. The molecule has 0 heterocycles. The third kappa shape index (κ3) is 5.32. The largest absolute Gasteiger partial charge is 0.481 e. The summed E-state index contributed by atoms with van der Waals surface area (Å²) in [5.41, 5.74) is 3.41. The lowest BCUT2D eigenvalue weighted by atomic mass is 9.75. The van der Waals surface area contributed by atoms with E-state index in [-0.39, 0.29) is 11.7 Å². The van der Waals surface area contributed by atoms with Crippen molar-refractivity contribution >= 4 is 46.5 Å². The molecule has 4 rings (SSSR count). The van der Waals surface area contributed by atoms with E-state index >= 15 is 0 Å². The van der Waals surface area contributed by atoms with Gasteiger partial charge in [0, 0.05) is 22.7 Å². The van der Waals surface area contributed by atoms with Gasteiger partial charge in [-0.25, -0.2) is 0 Å². The third-order valence-electron chi connectivity index (χ3n) is 6.25. The van der Waals surface area contributed by atoms with Gasteiger partial charge in [-0.3, -0.25) is 14.4 Å². The molecule has 174 valence electrons. The van der Waals surface area contributed by atoms with Gasteiger partial charge in [0.1, 0.15) is 0 Å². The third-order valence-corrected chi connectivity index (χ3v) is 6.99. The van der Waals surface area contributed by atoms with Crippen LogP contribution < -0.4 is 5.32 Å². The normalized spacial score (nSPS) is 17.7. The minimum atomic E-state index is -0.888. The fraction of sp³-hybridized carbons (Fsp3) is 0.222. The van der Waals surface area contributed by atoms with Crippen molar-refractivity contribution in [2.24, 2.45) is 11.8 Å². The lowest BCUT2D eigenvalue weighted by Gasteiger charge is -2.27. The van der Waals surface area contributed by atoms with Crippen LogP contribution in [-0.4, -0.2) is 22.8 Å². The van der Waals surface area contributed by atoms with Gasteiger partial charge in [-0.15, -0.1) is 0 Å². The van der Waals surface area contributed by atoms with Gasteiger partial charge in [0.15, 0.2) is 5.78 Å². The molecule has 1 amide bonds. The number of amides is 1. The first-order valence-electron chi connectivity index (χ1n) is 11.1. The minimum absolute atomic E-state index is 0.0981. The standard InChI is InChI=1S/C27H23Cl2NO4/c28-23-14-11-19(15-24(23)29)26(32)30-20-12-9-17(10-13-20)16-5-7-18(8-6-16)25(31)21-3-1-2-4-22(21)27(33)34/h5-15,21-22H,1-4H2,(H,30,32)(H,33,34)/t21-,22-/m1/s1. The van der Waals surface area contributed by atoms with Crippen LogP contribution in [0.4, 0.5) is 5.69 Å². The van der Waals surface area contributed by atoms with E-state index < -0.39 is 17.8 Å². The van der Waals surface area contributed by atoms with Crippen LogP contribution in [0.25, 0.3) is 11.1 Å². The quantitative estimate of drug-likeness (QED) is 0.361. The van der Waals surface area contributed by atoms with Crippen LogP contribution >= 0.6 is 23.2 Å². The zero-order chi connectivity index (χ0) is 24.2. The number of Topliss-reactive ketones (excluding diaryl/α,β-unsaturated/α-hetero) is 1. The monoisotopic (exact) mass is 495 g/mol. The van der Waals surface area contributed by atoms with Gasteiger partial charge in [-0.2, -0.15) is 0 Å². The van der Waals surface area contributed by atoms with E-state index in [4.69, 9.17) is 23.2 Å². The van der Waals surface area contributed by atoms with Gasteiger partial charge in [-0.1, -0.05) is 72.4 Å². The molecule has 34 heavy (non-hydrogen) atoms. The van der Waals surface area contributed by atoms with Crippen LogP contribution in [0, 0.1) is 11.8 Å². The Kier molecular flexibility index (Phi) is 7.35. The first-order chi connectivity index (χ1) is 16.3. The number of anilines is 1. The van der Waals surface area contributed by atoms with Gasteiger partial charge >= 0.3 is 5.97 Å². The summed E-state index contributed by atoms with van der Waals surface area (Å²) in [6, 6.07) is 19.3. The number of hydrogen-bond donors (Lipinski definition) is 2. The molecule has 2 N–H and O–H groups in total. The summed E-state index contributed by atoms with van der Waals surface area (Å²) >= 11 is 11.9. The molecule has 1 saturated carbocycles. The van der Waals surface area contributed by atoms with E-state index in [0.717, 1.165) is 24.0 Å². The molecule has 0 saturated heterocycles. The highest BCUT2D eigenvalue weighted by molar-refractivity contribution is 6.42. The average Bonchev–Trinajstić information content (AvgIpc) is 2.85. The van der Waals surface area contributed by atoms with Crippen molar-refractivity contribution in [2.45, 2.75) is 25.7 Å². The minimum Gasteiger partial charge on any atom is -0.481 e. The van der Waals surface area contributed by atoms with Crippen LogP contribution in [-0.2, 0) is 4.79 Å². The lowest BCUT2D eigenvalue weighted by molar-refractivity contribution is -0.144. The lowest BCUT2D eigenvalue weighted by Crippen LogP contribution is -2.32. The van der Waals surface area contributed by atoms with E-state index in [2.05, 4.69) is 5.32 Å². The number of ketones is 1. The fourth-order valence-corrected chi connectivity index (χ4v) is 4.67. The Hall–Kier alpha value is -3.15. The molecule has 1 fully saturated rings. The number of aliphatic carboxylic acids is 1. The molecular weight excluding hydrogens is 473 g/mol. The molecule has 3 aromatic carbocycles. The molecule has 1 aliphatic carbocycles. The van der Waals surface area contributed by atoms with Crippen molar-refractivity contribution in [1.82, 2.24) is 0 Å². The second-order valence-electron chi connectivity index (χ2n) is 8.44. The topological polar surface area (TPSA) is 83.5 Å². The molecule has 1 aliphatic rings. The number of halogens is 2. The number of hydrogen-bond acceptors (Lipinski definition) is 3. The number of benzene rings is 3. The summed E-state index contributed by atoms with van der Waals surface area (Å²) in [6.07, 6.45) is 2.90. The van der Waals surface area contributed by atoms with Crippen molar-refractivity contribution in [1.29, 1.82) is 0 Å². The van der Waals surface area contributed by atoms with Crippen LogP contribution in [0.3, 0.4) is 0 Å². The van der Waals surface area contributed by atoms with Gasteiger partial charge in [-0.05, 0) is 54.3 Å². The van der Waals surface area contributed by atoms with E-state index in [1.54, 1.807) is 36.4 Å². The summed E-state index contributed by atoms with van der Waals surface area (Å²) in [5, 5.41) is 13.0. The molecule has 0 aliphatic heterocycles. The van der Waals surface area contributed by atoms with Crippen molar-refractivity contribution in [3.05, 3.63) is 87.9 Å². The van der Waals surface area contributed by atoms with E-state index in [1.807, 2.05) is 24.3 Å². The van der Waals surface area contributed by atoms with E-state index in [1.165, 1.54) is 6.07 Å². The highest BCUT2D eigenvalue weighted by Crippen LogP contribution is 2.33. The first kappa shape index (κ1) is 24.0. The Balaban J connectivity index is 1.44. The highest BCUT2D eigenvalue weighted by atomic mass is 35.5. The molecule has 5 nitrogen and oxygen atoms in total. The van der Waals surface area contributed by atoms with Gasteiger partial charge in [0.05, 0.1) is 16.0 Å². The first-order valence-corrected chi connectivity index (χ1v) is 11.8. The molecular formula is C27H23Cl2NO4. The molecule has 0 bridgehead atoms. The Morgan fingerprint density at radius 1 is 0.735 bits per heavy atom. The number of carboxylic acid groups (broad SMARTS) is 1. The molecule has 0 radical (unpaired) electrons. The van der Waals surface area contributed by atoms with Crippen LogP contribution in [0.2, 0.25) is 10.0 Å². The van der Waals surface area contributed by atoms with E-state index in [9.17, 15) is 19.5 Å². The Morgan fingerprint density at radius 3 is 1.88 bits per heavy atom. The summed E-state index contributed by atoms with van der Waals surface area (Å²) in [4.78, 5) is 36.9. The molecule has 2 atom stereocenters. The molecule has 7 heteroatoms. The summed E-state index contributed by atoms with van der Waals surface area (Å²) in [5.74, 6) is -2.35. The van der Waals surface area contributed by atoms with Crippen LogP contribution in [0.1, 0.15) is 46.4 Å². The number of carboxylic acids is 1. The fourth-order valence-electron chi connectivity index (χ4n) is 4.37. The van der Waals surface area contributed by atoms with Crippen LogP contribution in [0.5, 0.6) is 0 Å². The molecule has 3 aromatic rings. The Labute approximate surface area is 207 Å². The average molecular weight is 496 g/mol. The maximum absolute atomic E-state index is 12.9. The SMILES string of the molecule is O=C(Nc1ccc(-c2ccc(C(=O)[C@@H]3CCCC[C@H]3C(=O)O)cc2)cc1)c1ccc(Cl)c(Cl)c1. The molecule has 0 spiro atoms. The zero-order valence-electron chi connectivity index (χ0n) is 18.3. The zero-order valence-corrected chi connectivity index (χ0v) is 19.8. The Bertz CT molecular complexity index is 1220. The number of carbonyl (C=O) groups excluding carboxylic acids is 2. The van der Waals surface area contributed by atoms with Gasteiger partial charge in [0.25, 0.3) is 5.91 Å². The van der Waals surface area contributed by atoms with Crippen molar-refractivity contribution < 1.29 is 19.5 Å². The second kappa shape index (κ2) is 10.4. The summed E-state index contributed by atoms with van der Waals surface area (Å²) in [7, 11) is 0. The predicted octanol–water partition coefficient (Wildman–Crippen LogP) is 6.99. The van der Waals surface area contributed by atoms with Crippen molar-refractivity contribution in [3.63, 3.8) is 0 Å². The van der Waals surface area contributed by atoms with Crippen molar-refractivity contribution in [2.75, 3.05) is 5.32 Å².